The van der Waals surface area contributed by atoms with E-state index >= 15 is 0 Å². The second-order valence-corrected chi connectivity index (χ2v) is 3.35. The number of nitrogens with one attached hydrogen (secondary N) is 1. The zero-order chi connectivity index (χ0) is 11.3. The van der Waals surface area contributed by atoms with Crippen LogP contribution in [0.4, 0.5) is 11.8 Å². The number of rotatable bonds is 5. The van der Waals surface area contributed by atoms with Crippen LogP contribution in [0.1, 0.15) is 0 Å². The van der Waals surface area contributed by atoms with Crippen molar-refractivity contribution in [2.24, 2.45) is 0 Å². The molecule has 0 spiro atoms. The van der Waals surface area contributed by atoms with Gasteiger partial charge in [0.05, 0.1) is 12.7 Å². The van der Waals surface area contributed by atoms with Gasteiger partial charge in [-0.15, -0.1) is 0 Å². The number of nitrogens with zero attached hydrogens (tertiary/aromatic N) is 3. The monoisotopic (exact) mass is 212 g/mol. The van der Waals surface area contributed by atoms with Crippen LogP contribution >= 0.6 is 0 Å². The van der Waals surface area contributed by atoms with Crippen molar-refractivity contribution in [1.82, 2.24) is 9.97 Å². The molecule has 0 aliphatic carbocycles. The average Bonchev–Trinajstić information content (AvgIpc) is 2.26. The molecule has 1 aromatic rings. The second-order valence-electron chi connectivity index (χ2n) is 3.35. The zero-order valence-corrected chi connectivity index (χ0v) is 8.88. The van der Waals surface area contributed by atoms with Crippen LogP contribution in [0.2, 0.25) is 0 Å². The Morgan fingerprint density at radius 1 is 1.53 bits per heavy atom. The highest BCUT2D eigenvalue weighted by Crippen LogP contribution is 2.07. The summed E-state index contributed by atoms with van der Waals surface area (Å²) in [6.07, 6.45) is 0.860. The number of aromatic nitrogens is 2. The molecule has 0 fully saturated rings. The Labute approximate surface area is 88.6 Å². The maximum absolute atomic E-state index is 9.13. The van der Waals surface area contributed by atoms with Gasteiger partial charge in [0.25, 0.3) is 0 Å². The molecular formula is C9H16N4O2. The summed E-state index contributed by atoms with van der Waals surface area (Å²) >= 11 is 0. The Morgan fingerprint density at radius 2 is 2.27 bits per heavy atom. The minimum absolute atomic E-state index is 0.264. The fraction of sp³-hybridized carbons (Fsp3) is 0.556. The van der Waals surface area contributed by atoms with Crippen molar-refractivity contribution in [2.75, 3.05) is 37.5 Å². The van der Waals surface area contributed by atoms with E-state index in [1.807, 2.05) is 14.1 Å². The van der Waals surface area contributed by atoms with Gasteiger partial charge in [-0.05, 0) is 6.07 Å². The highest BCUT2D eigenvalue weighted by molar-refractivity contribution is 5.40. The topological polar surface area (TPSA) is 81.5 Å². The fourth-order valence-corrected chi connectivity index (χ4v) is 0.949. The molecule has 0 bridgehead atoms. The number of anilines is 2. The molecule has 0 aliphatic heterocycles. The first kappa shape index (κ1) is 11.7. The third kappa shape index (κ3) is 3.69. The summed E-state index contributed by atoms with van der Waals surface area (Å²) in [5, 5.41) is 20.7. The zero-order valence-electron chi connectivity index (χ0n) is 8.88. The van der Waals surface area contributed by atoms with E-state index in [0.717, 1.165) is 0 Å². The van der Waals surface area contributed by atoms with Crippen molar-refractivity contribution >= 4 is 11.8 Å². The highest BCUT2D eigenvalue weighted by atomic mass is 16.3. The summed E-state index contributed by atoms with van der Waals surface area (Å²) in [7, 11) is 3.70. The van der Waals surface area contributed by atoms with Crippen molar-refractivity contribution in [3.63, 3.8) is 0 Å². The fourth-order valence-electron chi connectivity index (χ4n) is 0.949. The lowest BCUT2D eigenvalue weighted by Gasteiger charge is -2.13. The molecule has 1 rings (SSSR count). The van der Waals surface area contributed by atoms with E-state index in [4.69, 9.17) is 10.2 Å². The van der Waals surface area contributed by atoms with Crippen LogP contribution in [0.5, 0.6) is 0 Å². The summed E-state index contributed by atoms with van der Waals surface area (Å²) < 4.78 is 0. The van der Waals surface area contributed by atoms with E-state index in [1.54, 1.807) is 17.2 Å². The molecule has 1 atom stereocenters. The van der Waals surface area contributed by atoms with Crippen molar-refractivity contribution in [1.29, 1.82) is 0 Å². The summed E-state index contributed by atoms with van der Waals surface area (Å²) in [4.78, 5) is 10.0. The van der Waals surface area contributed by atoms with Crippen LogP contribution in [0.3, 0.4) is 0 Å². The standard InChI is InChI=1S/C9H16N4O2/c1-13(2)9-10-4-3-8(12-9)11-5-7(15)6-14/h3-4,7,14-15H,5-6H2,1-2H3,(H,10,11,12)/t7-/m1/s1. The van der Waals surface area contributed by atoms with Gasteiger partial charge in [0, 0.05) is 26.8 Å². The van der Waals surface area contributed by atoms with Gasteiger partial charge >= 0.3 is 0 Å². The van der Waals surface area contributed by atoms with Gasteiger partial charge < -0.3 is 20.4 Å². The molecule has 0 saturated heterocycles. The van der Waals surface area contributed by atoms with E-state index in [1.165, 1.54) is 0 Å². The molecule has 0 unspecified atom stereocenters. The minimum atomic E-state index is -0.775. The van der Waals surface area contributed by atoms with Gasteiger partial charge in [0.1, 0.15) is 5.82 Å². The molecule has 84 valence electrons. The number of aliphatic hydroxyl groups is 2. The van der Waals surface area contributed by atoms with Crippen molar-refractivity contribution < 1.29 is 10.2 Å². The molecule has 3 N–H and O–H groups in total. The Bertz CT molecular complexity index is 306. The molecule has 0 radical (unpaired) electrons. The number of hydrogen-bond acceptors (Lipinski definition) is 6. The lowest BCUT2D eigenvalue weighted by Crippen LogP contribution is -2.23. The molecule has 0 aromatic carbocycles. The Hall–Kier alpha value is -1.40. The number of hydrogen-bond donors (Lipinski definition) is 3. The van der Waals surface area contributed by atoms with E-state index in [9.17, 15) is 0 Å². The van der Waals surface area contributed by atoms with Crippen molar-refractivity contribution in [3.8, 4) is 0 Å². The molecule has 15 heavy (non-hydrogen) atoms. The van der Waals surface area contributed by atoms with Gasteiger partial charge in [0.15, 0.2) is 0 Å². The second kappa shape index (κ2) is 5.47. The smallest absolute Gasteiger partial charge is 0.226 e. The summed E-state index contributed by atoms with van der Waals surface area (Å²) in [6, 6.07) is 1.71. The van der Waals surface area contributed by atoms with E-state index < -0.39 is 6.10 Å². The first-order valence-corrected chi connectivity index (χ1v) is 4.66. The molecule has 6 heteroatoms. The van der Waals surface area contributed by atoms with Gasteiger partial charge in [0.2, 0.25) is 5.95 Å². The molecule has 1 heterocycles. The molecule has 0 amide bonds. The normalized spacial score (nSPS) is 12.3. The van der Waals surface area contributed by atoms with E-state index in [0.29, 0.717) is 11.8 Å². The quantitative estimate of drug-likeness (QED) is 0.599. The van der Waals surface area contributed by atoms with Gasteiger partial charge in [-0.3, -0.25) is 0 Å². The van der Waals surface area contributed by atoms with Gasteiger partial charge in [-0.25, -0.2) is 4.98 Å². The first-order chi connectivity index (χ1) is 7.13. The lowest BCUT2D eigenvalue weighted by molar-refractivity contribution is 0.105. The molecule has 0 aliphatic rings. The first-order valence-electron chi connectivity index (χ1n) is 4.66. The Kier molecular flexibility index (Phi) is 4.26. The molecule has 0 saturated carbocycles. The maximum atomic E-state index is 9.13. The van der Waals surface area contributed by atoms with E-state index in [2.05, 4.69) is 15.3 Å². The maximum Gasteiger partial charge on any atom is 0.226 e. The Balaban J connectivity index is 2.58. The van der Waals surface area contributed by atoms with Crippen LogP contribution in [0.25, 0.3) is 0 Å². The summed E-state index contributed by atoms with van der Waals surface area (Å²) in [5.41, 5.74) is 0. The van der Waals surface area contributed by atoms with Crippen LogP contribution < -0.4 is 10.2 Å². The summed E-state index contributed by atoms with van der Waals surface area (Å²) in [6.45, 7) is -0.000989. The van der Waals surface area contributed by atoms with Gasteiger partial charge in [-0.1, -0.05) is 0 Å². The van der Waals surface area contributed by atoms with Crippen LogP contribution in [0, 0.1) is 0 Å². The molecular weight excluding hydrogens is 196 g/mol. The van der Waals surface area contributed by atoms with E-state index in [-0.39, 0.29) is 13.2 Å². The SMILES string of the molecule is CN(C)c1nccc(NC[C@@H](O)CO)n1. The molecule has 6 nitrogen and oxygen atoms in total. The minimum Gasteiger partial charge on any atom is -0.394 e. The van der Waals surface area contributed by atoms with Gasteiger partial charge in [-0.2, -0.15) is 4.98 Å². The molecule has 1 aromatic heterocycles. The number of aliphatic hydroxyl groups excluding tert-OH is 2. The summed E-state index contributed by atoms with van der Waals surface area (Å²) in [5.74, 6) is 1.22. The third-order valence-electron chi connectivity index (χ3n) is 1.77. The highest BCUT2D eigenvalue weighted by Gasteiger charge is 2.03. The predicted octanol–water partition coefficient (Wildman–Crippen LogP) is -0.692. The van der Waals surface area contributed by atoms with Crippen molar-refractivity contribution in [2.45, 2.75) is 6.10 Å². The Morgan fingerprint density at radius 3 is 2.87 bits per heavy atom. The lowest BCUT2D eigenvalue weighted by atomic mass is 10.4. The largest absolute Gasteiger partial charge is 0.394 e. The van der Waals surface area contributed by atoms with Crippen LogP contribution in [-0.2, 0) is 0 Å². The third-order valence-corrected chi connectivity index (χ3v) is 1.77. The predicted molar refractivity (Wildman–Crippen MR) is 57.9 cm³/mol. The average molecular weight is 212 g/mol. The van der Waals surface area contributed by atoms with Crippen LogP contribution in [0.15, 0.2) is 12.3 Å². The van der Waals surface area contributed by atoms with Crippen molar-refractivity contribution in [3.05, 3.63) is 12.3 Å². The van der Waals surface area contributed by atoms with Crippen LogP contribution in [-0.4, -0.2) is 53.5 Å².